The summed E-state index contributed by atoms with van der Waals surface area (Å²) in [4.78, 5) is 12.8. The molecular formula is C9H15F2NO. The lowest BCUT2D eigenvalue weighted by atomic mass is 10.1. The van der Waals surface area contributed by atoms with Crippen molar-refractivity contribution in [2.75, 3.05) is 13.1 Å². The number of Topliss-reactive ketones (excluding diaryl/α,β-unsaturated/α-hetero) is 1. The third kappa shape index (κ3) is 3.38. The third-order valence-corrected chi connectivity index (χ3v) is 2.50. The number of nitrogens with zero attached hydrogens (tertiary/aromatic N) is 1. The van der Waals surface area contributed by atoms with Crippen molar-refractivity contribution < 1.29 is 13.6 Å². The predicted molar refractivity (Wildman–Crippen MR) is 45.9 cm³/mol. The molecule has 0 aliphatic carbocycles. The molecule has 13 heavy (non-hydrogen) atoms. The Balaban J connectivity index is 2.31. The zero-order chi connectivity index (χ0) is 9.84. The van der Waals surface area contributed by atoms with Crippen molar-refractivity contribution in [1.82, 2.24) is 4.90 Å². The van der Waals surface area contributed by atoms with Gasteiger partial charge < -0.3 is 0 Å². The zero-order valence-electron chi connectivity index (χ0n) is 7.80. The number of carbonyl (C=O) groups excluding carboxylic acids is 1. The molecular weight excluding hydrogens is 176 g/mol. The normalized spacial score (nSPS) is 22.3. The Morgan fingerprint density at radius 1 is 1.38 bits per heavy atom. The molecule has 1 aliphatic rings. The van der Waals surface area contributed by atoms with E-state index in [0.717, 1.165) is 0 Å². The second-order valence-corrected chi connectivity index (χ2v) is 3.55. The van der Waals surface area contributed by atoms with Gasteiger partial charge in [0.05, 0.1) is 0 Å². The van der Waals surface area contributed by atoms with Gasteiger partial charge in [-0.15, -0.1) is 0 Å². The van der Waals surface area contributed by atoms with Gasteiger partial charge in [-0.05, 0) is 6.92 Å². The maximum absolute atomic E-state index is 12.0. The van der Waals surface area contributed by atoms with Crippen LogP contribution < -0.4 is 0 Å². The van der Waals surface area contributed by atoms with Crippen LogP contribution in [0.25, 0.3) is 0 Å². The van der Waals surface area contributed by atoms with Gasteiger partial charge in [0.1, 0.15) is 5.78 Å². The van der Waals surface area contributed by atoms with Gasteiger partial charge in [0.25, 0.3) is 0 Å². The molecule has 1 atom stereocenters. The Labute approximate surface area is 76.9 Å². The van der Waals surface area contributed by atoms with Crippen LogP contribution in [0, 0.1) is 0 Å². The SMILES string of the molecule is CC(CC(F)F)N1CCC(=O)CC1. The van der Waals surface area contributed by atoms with Crippen LogP contribution in [0.3, 0.4) is 0 Å². The topological polar surface area (TPSA) is 20.3 Å². The number of rotatable bonds is 3. The summed E-state index contributed by atoms with van der Waals surface area (Å²) in [6.45, 7) is 3.08. The maximum Gasteiger partial charge on any atom is 0.240 e. The fourth-order valence-electron chi connectivity index (χ4n) is 1.62. The van der Waals surface area contributed by atoms with Gasteiger partial charge in [0, 0.05) is 38.4 Å². The van der Waals surface area contributed by atoms with Crippen LogP contribution in [-0.4, -0.2) is 36.2 Å². The summed E-state index contributed by atoms with van der Waals surface area (Å²) in [7, 11) is 0. The fourth-order valence-corrected chi connectivity index (χ4v) is 1.62. The largest absolute Gasteiger partial charge is 0.300 e. The summed E-state index contributed by atoms with van der Waals surface area (Å²) >= 11 is 0. The quantitative estimate of drug-likeness (QED) is 0.676. The van der Waals surface area contributed by atoms with Gasteiger partial charge in [0.2, 0.25) is 6.43 Å². The highest BCUT2D eigenvalue weighted by atomic mass is 19.3. The predicted octanol–water partition coefficient (Wildman–Crippen LogP) is 1.70. The lowest BCUT2D eigenvalue weighted by Crippen LogP contribution is -2.40. The van der Waals surface area contributed by atoms with Crippen LogP contribution in [0.15, 0.2) is 0 Å². The second-order valence-electron chi connectivity index (χ2n) is 3.55. The smallest absolute Gasteiger partial charge is 0.240 e. The lowest BCUT2D eigenvalue weighted by molar-refractivity contribution is -0.122. The first kappa shape index (κ1) is 10.6. The van der Waals surface area contributed by atoms with Gasteiger partial charge in [-0.1, -0.05) is 0 Å². The highest BCUT2D eigenvalue weighted by Crippen LogP contribution is 2.14. The van der Waals surface area contributed by atoms with E-state index < -0.39 is 6.43 Å². The number of alkyl halides is 2. The van der Waals surface area contributed by atoms with Crippen LogP contribution in [-0.2, 0) is 4.79 Å². The molecule has 0 amide bonds. The highest BCUT2D eigenvalue weighted by Gasteiger charge is 2.22. The Bertz CT molecular complexity index is 174. The number of halogens is 2. The third-order valence-electron chi connectivity index (χ3n) is 2.50. The summed E-state index contributed by atoms with van der Waals surface area (Å²) in [6, 6.07) is -0.104. The molecule has 1 rings (SSSR count). The van der Waals surface area contributed by atoms with Gasteiger partial charge in [-0.2, -0.15) is 0 Å². The molecule has 1 aliphatic heterocycles. The van der Waals surface area contributed by atoms with Crippen molar-refractivity contribution in [2.45, 2.75) is 38.7 Å². The van der Waals surface area contributed by atoms with E-state index in [0.29, 0.717) is 25.9 Å². The molecule has 0 saturated carbocycles. The Morgan fingerprint density at radius 3 is 2.38 bits per heavy atom. The van der Waals surface area contributed by atoms with Gasteiger partial charge in [-0.25, -0.2) is 8.78 Å². The number of ketones is 1. The van der Waals surface area contributed by atoms with Crippen LogP contribution in [0.2, 0.25) is 0 Å². The number of hydrogen-bond donors (Lipinski definition) is 0. The summed E-state index contributed by atoms with van der Waals surface area (Å²) in [5, 5.41) is 0. The molecule has 1 fully saturated rings. The van der Waals surface area contributed by atoms with E-state index in [9.17, 15) is 13.6 Å². The van der Waals surface area contributed by atoms with Crippen LogP contribution in [0.4, 0.5) is 8.78 Å². The number of carbonyl (C=O) groups is 1. The molecule has 0 aromatic carbocycles. The van der Waals surface area contributed by atoms with E-state index in [1.54, 1.807) is 6.92 Å². The molecule has 0 bridgehead atoms. The monoisotopic (exact) mass is 191 g/mol. The maximum atomic E-state index is 12.0. The van der Waals surface area contributed by atoms with Gasteiger partial charge in [0.15, 0.2) is 0 Å². The van der Waals surface area contributed by atoms with Crippen LogP contribution in [0.5, 0.6) is 0 Å². The first-order valence-corrected chi connectivity index (χ1v) is 4.63. The van der Waals surface area contributed by atoms with Crippen molar-refractivity contribution in [3.63, 3.8) is 0 Å². The van der Waals surface area contributed by atoms with Crippen molar-refractivity contribution in [1.29, 1.82) is 0 Å². The summed E-state index contributed by atoms with van der Waals surface area (Å²) in [5.74, 6) is 0.250. The van der Waals surface area contributed by atoms with Crippen molar-refractivity contribution in [3.05, 3.63) is 0 Å². The molecule has 0 radical (unpaired) electrons. The highest BCUT2D eigenvalue weighted by molar-refractivity contribution is 5.79. The Kier molecular flexibility index (Phi) is 3.78. The minimum absolute atomic E-state index is 0.0891. The molecule has 1 saturated heterocycles. The molecule has 0 aromatic heterocycles. The molecule has 1 heterocycles. The fraction of sp³-hybridized carbons (Fsp3) is 0.889. The molecule has 1 unspecified atom stereocenters. The second kappa shape index (κ2) is 4.65. The average molecular weight is 191 g/mol. The van der Waals surface area contributed by atoms with Crippen molar-refractivity contribution in [2.24, 2.45) is 0 Å². The van der Waals surface area contributed by atoms with Crippen LogP contribution >= 0.6 is 0 Å². The first-order chi connectivity index (χ1) is 6.09. The van der Waals surface area contributed by atoms with E-state index in [-0.39, 0.29) is 18.2 Å². The number of likely N-dealkylation sites (tertiary alicyclic amines) is 1. The van der Waals surface area contributed by atoms with E-state index >= 15 is 0 Å². The Hall–Kier alpha value is -0.510. The van der Waals surface area contributed by atoms with E-state index in [1.807, 2.05) is 4.90 Å². The molecule has 0 N–H and O–H groups in total. The molecule has 2 nitrogen and oxygen atoms in total. The molecule has 0 spiro atoms. The van der Waals surface area contributed by atoms with Gasteiger partial charge in [-0.3, -0.25) is 9.69 Å². The zero-order valence-corrected chi connectivity index (χ0v) is 7.80. The van der Waals surface area contributed by atoms with Crippen molar-refractivity contribution in [3.8, 4) is 0 Å². The summed E-state index contributed by atoms with van der Waals surface area (Å²) in [6.07, 6.45) is -1.29. The van der Waals surface area contributed by atoms with E-state index in [2.05, 4.69) is 0 Å². The Morgan fingerprint density at radius 2 is 1.92 bits per heavy atom. The number of hydrogen-bond acceptors (Lipinski definition) is 2. The minimum Gasteiger partial charge on any atom is -0.300 e. The minimum atomic E-state index is -2.24. The summed E-state index contributed by atoms with van der Waals surface area (Å²) < 4.78 is 24.0. The summed E-state index contributed by atoms with van der Waals surface area (Å²) in [5.41, 5.74) is 0. The van der Waals surface area contributed by atoms with E-state index in [4.69, 9.17) is 0 Å². The van der Waals surface area contributed by atoms with E-state index in [1.165, 1.54) is 0 Å². The number of piperidine rings is 1. The first-order valence-electron chi connectivity index (χ1n) is 4.63. The molecule has 4 heteroatoms. The lowest BCUT2D eigenvalue weighted by Gasteiger charge is -2.31. The average Bonchev–Trinajstić information content (AvgIpc) is 2.04. The standard InChI is InChI=1S/C9H15F2NO/c1-7(6-9(10)11)12-4-2-8(13)3-5-12/h7,9H,2-6H2,1H3. The van der Waals surface area contributed by atoms with Crippen molar-refractivity contribution >= 4 is 5.78 Å². The van der Waals surface area contributed by atoms with Crippen LogP contribution in [0.1, 0.15) is 26.2 Å². The van der Waals surface area contributed by atoms with Gasteiger partial charge >= 0.3 is 0 Å². The molecule has 76 valence electrons. The molecule has 0 aromatic rings.